The summed E-state index contributed by atoms with van der Waals surface area (Å²) in [6.07, 6.45) is 0.597. The number of carboxylic acids is 1. The molecule has 0 aliphatic rings. The van der Waals surface area contributed by atoms with Gasteiger partial charge in [0.2, 0.25) is 0 Å². The maximum Gasteiger partial charge on any atom is 0.303 e. The second kappa shape index (κ2) is 5.26. The zero-order valence-electron chi connectivity index (χ0n) is 11.4. The Hall–Kier alpha value is -2.10. The van der Waals surface area contributed by atoms with E-state index in [1.54, 1.807) is 0 Å². The molecule has 0 saturated carbocycles. The Morgan fingerprint density at radius 2 is 1.84 bits per heavy atom. The first-order valence-corrected chi connectivity index (χ1v) is 6.31. The molecule has 0 spiro atoms. The van der Waals surface area contributed by atoms with Gasteiger partial charge in [-0.25, -0.2) is 0 Å². The summed E-state index contributed by atoms with van der Waals surface area (Å²) in [5.74, 6) is -0.793. The third kappa shape index (κ3) is 3.02. The molecule has 2 aromatic rings. The van der Waals surface area contributed by atoms with Crippen molar-refractivity contribution in [1.82, 2.24) is 10.2 Å². The predicted octanol–water partition coefficient (Wildman–Crippen LogP) is 3.02. The van der Waals surface area contributed by atoms with Gasteiger partial charge < -0.3 is 5.11 Å². The molecule has 4 heteroatoms. The van der Waals surface area contributed by atoms with Gasteiger partial charge in [0.05, 0.1) is 12.1 Å². The van der Waals surface area contributed by atoms with Gasteiger partial charge in [-0.1, -0.05) is 17.7 Å². The SMILES string of the molecule is Cc1cc(C)c(-c2cc(CCC(=O)O)[nH]n2)c(C)c1. The number of H-pyrrole nitrogens is 1. The average Bonchev–Trinajstić information content (AvgIpc) is 2.73. The number of aliphatic carboxylic acids is 1. The molecule has 19 heavy (non-hydrogen) atoms. The van der Waals surface area contributed by atoms with Crippen LogP contribution in [0.2, 0.25) is 0 Å². The Labute approximate surface area is 112 Å². The average molecular weight is 258 g/mol. The highest BCUT2D eigenvalue weighted by Gasteiger charge is 2.11. The summed E-state index contributed by atoms with van der Waals surface area (Å²) in [7, 11) is 0. The minimum Gasteiger partial charge on any atom is -0.481 e. The van der Waals surface area contributed by atoms with Gasteiger partial charge in [-0.3, -0.25) is 9.89 Å². The number of aromatic amines is 1. The maximum atomic E-state index is 10.6. The number of carbonyl (C=O) groups is 1. The monoisotopic (exact) mass is 258 g/mol. The Kier molecular flexibility index (Phi) is 3.69. The number of aryl methyl sites for hydroxylation is 4. The van der Waals surface area contributed by atoms with Crippen molar-refractivity contribution in [1.29, 1.82) is 0 Å². The van der Waals surface area contributed by atoms with E-state index in [9.17, 15) is 4.79 Å². The number of aromatic nitrogens is 2. The quantitative estimate of drug-likeness (QED) is 0.885. The summed E-state index contributed by atoms with van der Waals surface area (Å²) in [5.41, 5.74) is 6.48. The van der Waals surface area contributed by atoms with Crippen LogP contribution < -0.4 is 0 Å². The summed E-state index contributed by atoms with van der Waals surface area (Å²) in [4.78, 5) is 10.6. The van der Waals surface area contributed by atoms with E-state index < -0.39 is 5.97 Å². The van der Waals surface area contributed by atoms with Crippen LogP contribution >= 0.6 is 0 Å². The summed E-state index contributed by atoms with van der Waals surface area (Å²) in [6.45, 7) is 6.22. The number of hydrogen-bond donors (Lipinski definition) is 2. The fraction of sp³-hybridized carbons (Fsp3) is 0.333. The highest BCUT2D eigenvalue weighted by atomic mass is 16.4. The normalized spacial score (nSPS) is 10.7. The lowest BCUT2D eigenvalue weighted by Gasteiger charge is -2.08. The van der Waals surface area contributed by atoms with Gasteiger partial charge in [0.25, 0.3) is 0 Å². The smallest absolute Gasteiger partial charge is 0.303 e. The molecular weight excluding hydrogens is 240 g/mol. The lowest BCUT2D eigenvalue weighted by Crippen LogP contribution is -1.97. The van der Waals surface area contributed by atoms with E-state index in [4.69, 9.17) is 5.11 Å². The molecular formula is C15H18N2O2. The standard InChI is InChI=1S/C15H18N2O2/c1-9-6-10(2)15(11(3)7-9)13-8-12(16-17-13)4-5-14(18)19/h6-8H,4-5H2,1-3H3,(H,16,17)(H,18,19). The van der Waals surface area contributed by atoms with Crippen molar-refractivity contribution in [2.45, 2.75) is 33.6 Å². The van der Waals surface area contributed by atoms with Crippen molar-refractivity contribution in [3.63, 3.8) is 0 Å². The summed E-state index contributed by atoms with van der Waals surface area (Å²) in [6, 6.07) is 6.20. The molecule has 0 bridgehead atoms. The van der Waals surface area contributed by atoms with Crippen molar-refractivity contribution in [2.75, 3.05) is 0 Å². The van der Waals surface area contributed by atoms with E-state index in [1.165, 1.54) is 16.7 Å². The topological polar surface area (TPSA) is 66.0 Å². The molecule has 0 saturated heterocycles. The van der Waals surface area contributed by atoms with E-state index in [0.29, 0.717) is 6.42 Å². The molecule has 4 nitrogen and oxygen atoms in total. The Balaban J connectivity index is 2.30. The van der Waals surface area contributed by atoms with E-state index in [0.717, 1.165) is 17.0 Å². The zero-order chi connectivity index (χ0) is 14.0. The van der Waals surface area contributed by atoms with Gasteiger partial charge in [0, 0.05) is 11.3 Å². The molecule has 0 aliphatic carbocycles. The van der Waals surface area contributed by atoms with Crippen LogP contribution in [-0.2, 0) is 11.2 Å². The van der Waals surface area contributed by atoms with Crippen molar-refractivity contribution < 1.29 is 9.90 Å². The van der Waals surface area contributed by atoms with Crippen molar-refractivity contribution >= 4 is 5.97 Å². The van der Waals surface area contributed by atoms with Crippen molar-refractivity contribution in [3.8, 4) is 11.3 Å². The third-order valence-corrected chi connectivity index (χ3v) is 3.17. The number of nitrogens with one attached hydrogen (secondary N) is 1. The second-order valence-electron chi connectivity index (χ2n) is 4.95. The summed E-state index contributed by atoms with van der Waals surface area (Å²) >= 11 is 0. The van der Waals surface area contributed by atoms with Gasteiger partial charge in [0.15, 0.2) is 0 Å². The van der Waals surface area contributed by atoms with Crippen LogP contribution in [0.25, 0.3) is 11.3 Å². The fourth-order valence-corrected chi connectivity index (χ4v) is 2.44. The molecule has 1 aromatic heterocycles. The van der Waals surface area contributed by atoms with Crippen LogP contribution in [-0.4, -0.2) is 21.3 Å². The molecule has 1 aromatic carbocycles. The predicted molar refractivity (Wildman–Crippen MR) is 74.2 cm³/mol. The molecule has 0 fully saturated rings. The number of nitrogens with zero attached hydrogens (tertiary/aromatic N) is 1. The molecule has 0 atom stereocenters. The third-order valence-electron chi connectivity index (χ3n) is 3.17. The molecule has 0 radical (unpaired) electrons. The minimum atomic E-state index is -0.793. The van der Waals surface area contributed by atoms with Crippen LogP contribution in [0.3, 0.4) is 0 Å². The van der Waals surface area contributed by atoms with Crippen LogP contribution in [0.4, 0.5) is 0 Å². The molecule has 0 amide bonds. The highest BCUT2D eigenvalue weighted by Crippen LogP contribution is 2.27. The number of rotatable bonds is 4. The summed E-state index contributed by atoms with van der Waals surface area (Å²) in [5, 5.41) is 15.9. The Bertz CT molecular complexity index is 591. The molecule has 0 aliphatic heterocycles. The van der Waals surface area contributed by atoms with Crippen LogP contribution in [0.15, 0.2) is 18.2 Å². The highest BCUT2D eigenvalue weighted by molar-refractivity contribution is 5.69. The first-order valence-electron chi connectivity index (χ1n) is 6.31. The van der Waals surface area contributed by atoms with Gasteiger partial charge >= 0.3 is 5.97 Å². The molecule has 0 unspecified atom stereocenters. The van der Waals surface area contributed by atoms with Crippen LogP contribution in [0.1, 0.15) is 28.8 Å². The zero-order valence-corrected chi connectivity index (χ0v) is 11.4. The van der Waals surface area contributed by atoms with Gasteiger partial charge in [-0.2, -0.15) is 5.10 Å². The molecule has 2 rings (SSSR count). The fourth-order valence-electron chi connectivity index (χ4n) is 2.44. The van der Waals surface area contributed by atoms with E-state index in [1.807, 2.05) is 6.07 Å². The second-order valence-corrected chi connectivity index (χ2v) is 4.95. The van der Waals surface area contributed by atoms with Gasteiger partial charge in [0.1, 0.15) is 0 Å². The van der Waals surface area contributed by atoms with Crippen molar-refractivity contribution in [2.24, 2.45) is 0 Å². The number of hydrogen-bond acceptors (Lipinski definition) is 2. The van der Waals surface area contributed by atoms with Crippen LogP contribution in [0, 0.1) is 20.8 Å². The van der Waals surface area contributed by atoms with E-state index in [-0.39, 0.29) is 6.42 Å². The summed E-state index contributed by atoms with van der Waals surface area (Å²) < 4.78 is 0. The number of benzene rings is 1. The molecule has 100 valence electrons. The Morgan fingerprint density at radius 1 is 1.21 bits per heavy atom. The molecule has 1 heterocycles. The van der Waals surface area contributed by atoms with Crippen LogP contribution in [0.5, 0.6) is 0 Å². The van der Waals surface area contributed by atoms with Crippen molar-refractivity contribution in [3.05, 3.63) is 40.6 Å². The Morgan fingerprint density at radius 3 is 2.42 bits per heavy atom. The first-order chi connectivity index (χ1) is 8.97. The van der Waals surface area contributed by atoms with E-state index >= 15 is 0 Å². The van der Waals surface area contributed by atoms with E-state index in [2.05, 4.69) is 43.1 Å². The maximum absolute atomic E-state index is 10.6. The lowest BCUT2D eigenvalue weighted by atomic mass is 9.97. The minimum absolute atomic E-state index is 0.119. The first kappa shape index (κ1) is 13.3. The van der Waals surface area contributed by atoms with Gasteiger partial charge in [-0.15, -0.1) is 0 Å². The van der Waals surface area contributed by atoms with Gasteiger partial charge in [-0.05, 0) is 44.4 Å². The largest absolute Gasteiger partial charge is 0.481 e. The lowest BCUT2D eigenvalue weighted by molar-refractivity contribution is -0.136. The number of carboxylic acid groups (broad SMARTS) is 1. The molecule has 2 N–H and O–H groups in total.